The van der Waals surface area contributed by atoms with Crippen molar-refractivity contribution in [1.82, 2.24) is 14.1 Å². The second kappa shape index (κ2) is 8.77. The lowest BCUT2D eigenvalue weighted by Crippen LogP contribution is -2.40. The van der Waals surface area contributed by atoms with E-state index < -0.39 is 26.9 Å². The molecule has 1 amide bonds. The molecule has 1 atom stereocenters. The van der Waals surface area contributed by atoms with Gasteiger partial charge in [0.05, 0.1) is 30.1 Å². The van der Waals surface area contributed by atoms with Gasteiger partial charge in [0.15, 0.2) is 0 Å². The van der Waals surface area contributed by atoms with Gasteiger partial charge in [-0.2, -0.15) is 4.31 Å². The summed E-state index contributed by atoms with van der Waals surface area (Å²) in [6.07, 6.45) is 1.11. The van der Waals surface area contributed by atoms with Crippen molar-refractivity contribution in [3.63, 3.8) is 0 Å². The van der Waals surface area contributed by atoms with E-state index in [4.69, 9.17) is 9.47 Å². The first-order valence-corrected chi connectivity index (χ1v) is 10.4. The first-order valence-electron chi connectivity index (χ1n) is 9.00. The lowest BCUT2D eigenvalue weighted by Gasteiger charge is -2.26. The van der Waals surface area contributed by atoms with E-state index in [9.17, 15) is 23.3 Å². The van der Waals surface area contributed by atoms with Gasteiger partial charge in [-0.05, 0) is 31.2 Å². The van der Waals surface area contributed by atoms with Crippen LogP contribution in [0.3, 0.4) is 0 Å². The summed E-state index contributed by atoms with van der Waals surface area (Å²) in [6, 6.07) is 4.90. The van der Waals surface area contributed by atoms with Crippen LogP contribution in [0.25, 0.3) is 0 Å². The third-order valence-electron chi connectivity index (χ3n) is 4.58. The molecule has 1 aromatic carbocycles. The molecular formula is C17H21N5O7S. The highest BCUT2D eigenvalue weighted by atomic mass is 32.2. The van der Waals surface area contributed by atoms with Crippen molar-refractivity contribution in [3.05, 3.63) is 40.6 Å². The third kappa shape index (κ3) is 4.42. The average molecular weight is 439 g/mol. The van der Waals surface area contributed by atoms with Crippen molar-refractivity contribution in [3.8, 4) is 5.88 Å². The van der Waals surface area contributed by atoms with Crippen molar-refractivity contribution in [2.24, 2.45) is 0 Å². The summed E-state index contributed by atoms with van der Waals surface area (Å²) in [5, 5.41) is 17.6. The first-order chi connectivity index (χ1) is 14.2. The average Bonchev–Trinajstić information content (AvgIpc) is 3.19. The predicted molar refractivity (Wildman–Crippen MR) is 105 cm³/mol. The third-order valence-corrected chi connectivity index (χ3v) is 6.49. The van der Waals surface area contributed by atoms with Crippen LogP contribution in [-0.4, -0.2) is 66.7 Å². The molecular weight excluding hydrogens is 418 g/mol. The number of methoxy groups -OCH3 is 1. The number of nitrogens with zero attached hydrogens (tertiary/aromatic N) is 4. The first kappa shape index (κ1) is 21.7. The molecule has 0 radical (unpaired) electrons. The molecule has 2 heterocycles. The van der Waals surface area contributed by atoms with Gasteiger partial charge < -0.3 is 14.8 Å². The molecule has 162 valence electrons. The predicted octanol–water partition coefficient (Wildman–Crippen LogP) is 1.02. The Morgan fingerprint density at radius 1 is 1.30 bits per heavy atom. The molecule has 0 saturated carbocycles. The summed E-state index contributed by atoms with van der Waals surface area (Å²) in [4.78, 5) is 23.0. The fourth-order valence-corrected chi connectivity index (χ4v) is 4.26. The molecule has 0 spiro atoms. The van der Waals surface area contributed by atoms with Gasteiger partial charge in [-0.3, -0.25) is 14.9 Å². The van der Waals surface area contributed by atoms with Crippen molar-refractivity contribution < 1.29 is 27.6 Å². The van der Waals surface area contributed by atoms with Crippen LogP contribution in [0.15, 0.2) is 35.4 Å². The SMILES string of the molecule is COc1nn(C(C)C(=O)Nc2ccc(S(=O)(=O)N3CCOCC3)cc2)cc1[N+](=O)[O-]. The van der Waals surface area contributed by atoms with E-state index in [1.807, 2.05) is 0 Å². The zero-order chi connectivity index (χ0) is 21.9. The number of hydrogen-bond donors (Lipinski definition) is 1. The van der Waals surface area contributed by atoms with E-state index in [1.165, 1.54) is 42.6 Å². The summed E-state index contributed by atoms with van der Waals surface area (Å²) in [7, 11) is -2.38. The molecule has 1 saturated heterocycles. The number of sulfonamides is 1. The standard InChI is InChI=1S/C17H21N5O7S/c1-12(21-11-15(22(24)25)17(19-21)28-2)16(23)18-13-3-5-14(6-4-13)30(26,27)20-7-9-29-10-8-20/h3-6,11-12H,7-10H2,1-2H3,(H,18,23). The van der Waals surface area contributed by atoms with Gasteiger partial charge in [0.25, 0.3) is 0 Å². The minimum Gasteiger partial charge on any atom is -0.475 e. The Kier molecular flexibility index (Phi) is 6.34. The maximum atomic E-state index is 12.6. The van der Waals surface area contributed by atoms with E-state index >= 15 is 0 Å². The normalized spacial score (nSPS) is 16.1. The summed E-state index contributed by atoms with van der Waals surface area (Å²) >= 11 is 0. The molecule has 0 bridgehead atoms. The molecule has 1 N–H and O–H groups in total. The van der Waals surface area contributed by atoms with Crippen LogP contribution >= 0.6 is 0 Å². The Balaban J connectivity index is 1.70. The van der Waals surface area contributed by atoms with Crippen LogP contribution < -0.4 is 10.1 Å². The maximum Gasteiger partial charge on any atom is 0.350 e. The van der Waals surface area contributed by atoms with Gasteiger partial charge in [0.1, 0.15) is 12.2 Å². The minimum atomic E-state index is -3.63. The summed E-state index contributed by atoms with van der Waals surface area (Å²) in [6.45, 7) is 2.79. The van der Waals surface area contributed by atoms with E-state index in [0.717, 1.165) is 10.9 Å². The Morgan fingerprint density at radius 2 is 1.93 bits per heavy atom. The van der Waals surface area contributed by atoms with Crippen LogP contribution in [-0.2, 0) is 19.6 Å². The van der Waals surface area contributed by atoms with Gasteiger partial charge in [-0.25, -0.2) is 13.1 Å². The monoisotopic (exact) mass is 439 g/mol. The molecule has 1 unspecified atom stereocenters. The fraction of sp³-hybridized carbons (Fsp3) is 0.412. The second-order valence-electron chi connectivity index (χ2n) is 6.47. The lowest BCUT2D eigenvalue weighted by molar-refractivity contribution is -0.385. The van der Waals surface area contributed by atoms with Gasteiger partial charge in [0.2, 0.25) is 15.9 Å². The number of ether oxygens (including phenoxy) is 2. The number of rotatable bonds is 7. The lowest BCUT2D eigenvalue weighted by atomic mass is 10.2. The number of aromatic nitrogens is 2. The highest BCUT2D eigenvalue weighted by Gasteiger charge is 2.27. The zero-order valence-electron chi connectivity index (χ0n) is 16.3. The number of hydrogen-bond acceptors (Lipinski definition) is 8. The van der Waals surface area contributed by atoms with Crippen molar-refractivity contribution >= 4 is 27.3 Å². The maximum absolute atomic E-state index is 12.6. The number of nitro groups is 1. The molecule has 1 aliphatic heterocycles. The zero-order valence-corrected chi connectivity index (χ0v) is 17.2. The van der Waals surface area contributed by atoms with Crippen LogP contribution in [0, 0.1) is 10.1 Å². The quantitative estimate of drug-likeness (QED) is 0.497. The molecule has 1 aliphatic rings. The Labute approximate surface area is 172 Å². The Hall–Kier alpha value is -3.03. The number of morpholine rings is 1. The molecule has 1 fully saturated rings. The van der Waals surface area contributed by atoms with Gasteiger partial charge in [-0.1, -0.05) is 0 Å². The van der Waals surface area contributed by atoms with Crippen LogP contribution in [0.4, 0.5) is 11.4 Å². The second-order valence-corrected chi connectivity index (χ2v) is 8.40. The van der Waals surface area contributed by atoms with Gasteiger partial charge >= 0.3 is 11.6 Å². The van der Waals surface area contributed by atoms with E-state index in [2.05, 4.69) is 10.4 Å². The van der Waals surface area contributed by atoms with E-state index in [1.54, 1.807) is 0 Å². The Morgan fingerprint density at radius 3 is 2.47 bits per heavy atom. The van der Waals surface area contributed by atoms with Crippen LogP contribution in [0.1, 0.15) is 13.0 Å². The number of carbonyl (C=O) groups is 1. The number of anilines is 1. The fourth-order valence-electron chi connectivity index (χ4n) is 2.85. The summed E-state index contributed by atoms with van der Waals surface area (Å²) in [5.41, 5.74) is 0.0243. The van der Waals surface area contributed by atoms with E-state index in [0.29, 0.717) is 18.9 Å². The Bertz CT molecular complexity index is 1030. The van der Waals surface area contributed by atoms with Crippen LogP contribution in [0.2, 0.25) is 0 Å². The van der Waals surface area contributed by atoms with Gasteiger partial charge in [-0.15, -0.1) is 5.10 Å². The molecule has 1 aromatic heterocycles. The van der Waals surface area contributed by atoms with Crippen LogP contribution in [0.5, 0.6) is 5.88 Å². The summed E-state index contributed by atoms with van der Waals surface area (Å²) in [5.74, 6) is -0.684. The molecule has 2 aromatic rings. The number of benzene rings is 1. The molecule has 30 heavy (non-hydrogen) atoms. The highest BCUT2D eigenvalue weighted by Crippen LogP contribution is 2.26. The van der Waals surface area contributed by atoms with Crippen molar-refractivity contribution in [2.75, 3.05) is 38.7 Å². The molecule has 12 nitrogen and oxygen atoms in total. The van der Waals surface area contributed by atoms with Crippen molar-refractivity contribution in [1.29, 1.82) is 0 Å². The number of carbonyl (C=O) groups excluding carboxylic acids is 1. The minimum absolute atomic E-state index is 0.114. The number of nitrogens with one attached hydrogen (secondary N) is 1. The largest absolute Gasteiger partial charge is 0.475 e. The highest BCUT2D eigenvalue weighted by molar-refractivity contribution is 7.89. The topological polar surface area (TPSA) is 146 Å². The molecule has 13 heteroatoms. The van der Waals surface area contributed by atoms with Gasteiger partial charge in [0, 0.05) is 18.8 Å². The molecule has 0 aliphatic carbocycles. The van der Waals surface area contributed by atoms with Crippen molar-refractivity contribution in [2.45, 2.75) is 17.9 Å². The summed E-state index contributed by atoms with van der Waals surface area (Å²) < 4.78 is 37.8. The van der Waals surface area contributed by atoms with E-state index in [-0.39, 0.29) is 29.6 Å². The number of amides is 1. The molecule has 3 rings (SSSR count). The smallest absolute Gasteiger partial charge is 0.350 e.